The highest BCUT2D eigenvalue weighted by molar-refractivity contribution is 7.90. The molecule has 1 heterocycles. The molecule has 1 aromatic carbocycles. The zero-order valence-electron chi connectivity index (χ0n) is 21.0. The average Bonchev–Trinajstić information content (AvgIpc) is 3.12. The number of hydrogen-bond donors (Lipinski definition) is 2. The molecule has 0 aliphatic heterocycles. The van der Waals surface area contributed by atoms with Crippen LogP contribution in [0.15, 0.2) is 24.3 Å². The van der Waals surface area contributed by atoms with Gasteiger partial charge in [0.15, 0.2) is 0 Å². The molecule has 0 unspecified atom stereocenters. The molecule has 35 heavy (non-hydrogen) atoms. The standard InChI is InChI=1S/C26H36N4O4S/c1-17(2)13-20(16-27)28-25(31)21-7-5-6-8-22(21)29-26(32)24-15-19-10-9-18(11-12-35(4,33)34)14-23(19)30(24)3/h9-10,14-15,17,20-22H,5-8,11-13H2,1-4H3,(H,28,31)(H,29,32)/t20-,21+,22-/m0/s1. The van der Waals surface area contributed by atoms with E-state index in [0.29, 0.717) is 37.3 Å². The molecule has 0 spiro atoms. The van der Waals surface area contributed by atoms with E-state index in [9.17, 15) is 23.3 Å². The summed E-state index contributed by atoms with van der Waals surface area (Å²) in [6.45, 7) is 4.03. The maximum absolute atomic E-state index is 13.2. The molecule has 3 rings (SSSR count). The number of nitrogens with one attached hydrogen (secondary N) is 2. The fourth-order valence-electron chi connectivity index (χ4n) is 4.81. The monoisotopic (exact) mass is 500 g/mol. The van der Waals surface area contributed by atoms with Crippen molar-refractivity contribution in [1.82, 2.24) is 15.2 Å². The molecule has 1 saturated carbocycles. The third kappa shape index (κ3) is 7.07. The van der Waals surface area contributed by atoms with Crippen molar-refractivity contribution in [1.29, 1.82) is 5.26 Å². The second-order valence-electron chi connectivity index (χ2n) is 10.2. The largest absolute Gasteiger partial charge is 0.347 e. The molecule has 9 heteroatoms. The predicted molar refractivity (Wildman–Crippen MR) is 137 cm³/mol. The van der Waals surface area contributed by atoms with Gasteiger partial charge in [-0.1, -0.05) is 38.8 Å². The van der Waals surface area contributed by atoms with Gasteiger partial charge in [0.05, 0.1) is 17.7 Å². The fraction of sp³-hybridized carbons (Fsp3) is 0.577. The van der Waals surface area contributed by atoms with Gasteiger partial charge in [0, 0.05) is 30.2 Å². The lowest BCUT2D eigenvalue weighted by Crippen LogP contribution is -2.50. The predicted octanol–water partition coefficient (Wildman–Crippen LogP) is 3.11. The number of rotatable bonds is 9. The van der Waals surface area contributed by atoms with Crippen LogP contribution in [-0.4, -0.2) is 48.9 Å². The van der Waals surface area contributed by atoms with Crippen LogP contribution in [0.4, 0.5) is 0 Å². The van der Waals surface area contributed by atoms with Gasteiger partial charge in [-0.2, -0.15) is 5.26 Å². The highest BCUT2D eigenvalue weighted by Gasteiger charge is 2.33. The molecule has 1 aromatic heterocycles. The fourth-order valence-corrected chi connectivity index (χ4v) is 5.41. The van der Waals surface area contributed by atoms with Gasteiger partial charge < -0.3 is 15.2 Å². The highest BCUT2D eigenvalue weighted by Crippen LogP contribution is 2.26. The van der Waals surface area contributed by atoms with Gasteiger partial charge in [-0.25, -0.2) is 8.42 Å². The lowest BCUT2D eigenvalue weighted by atomic mass is 9.83. The first-order chi connectivity index (χ1) is 16.5. The Morgan fingerprint density at radius 2 is 1.91 bits per heavy atom. The Kier molecular flexibility index (Phi) is 8.60. The number of sulfone groups is 1. The second kappa shape index (κ2) is 11.3. The number of carbonyl (C=O) groups excluding carboxylic acids is 2. The van der Waals surface area contributed by atoms with Crippen LogP contribution in [0.2, 0.25) is 0 Å². The summed E-state index contributed by atoms with van der Waals surface area (Å²) in [7, 11) is -1.25. The Labute approximate surface area is 208 Å². The number of fused-ring (bicyclic) bond motifs is 1. The molecule has 1 fully saturated rings. The molecule has 2 amide bonds. The summed E-state index contributed by atoms with van der Waals surface area (Å²) in [5.41, 5.74) is 2.23. The highest BCUT2D eigenvalue weighted by atomic mass is 32.2. The van der Waals surface area contributed by atoms with Gasteiger partial charge in [-0.15, -0.1) is 0 Å². The van der Waals surface area contributed by atoms with E-state index in [1.54, 1.807) is 4.57 Å². The van der Waals surface area contributed by atoms with Gasteiger partial charge in [-0.3, -0.25) is 9.59 Å². The maximum Gasteiger partial charge on any atom is 0.268 e. The molecule has 1 aliphatic carbocycles. The summed E-state index contributed by atoms with van der Waals surface area (Å²) in [4.78, 5) is 26.2. The average molecular weight is 501 g/mol. The zero-order chi connectivity index (χ0) is 25.8. The van der Waals surface area contributed by atoms with Crippen molar-refractivity contribution in [3.63, 3.8) is 0 Å². The first-order valence-electron chi connectivity index (χ1n) is 12.3. The van der Waals surface area contributed by atoms with E-state index in [1.165, 1.54) is 6.26 Å². The number of benzene rings is 1. The lowest BCUT2D eigenvalue weighted by molar-refractivity contribution is -0.127. The third-order valence-electron chi connectivity index (χ3n) is 6.70. The van der Waals surface area contributed by atoms with E-state index in [1.807, 2.05) is 45.2 Å². The topological polar surface area (TPSA) is 121 Å². The summed E-state index contributed by atoms with van der Waals surface area (Å²) >= 11 is 0. The summed E-state index contributed by atoms with van der Waals surface area (Å²) in [5, 5.41) is 16.3. The van der Waals surface area contributed by atoms with Gasteiger partial charge in [0.1, 0.15) is 21.6 Å². The van der Waals surface area contributed by atoms with E-state index in [2.05, 4.69) is 16.7 Å². The molecule has 2 N–H and O–H groups in total. The summed E-state index contributed by atoms with van der Waals surface area (Å²) in [6, 6.07) is 8.87. The third-order valence-corrected chi connectivity index (χ3v) is 7.65. The molecule has 190 valence electrons. The maximum atomic E-state index is 13.2. The summed E-state index contributed by atoms with van der Waals surface area (Å²) in [5.74, 6) is -0.418. The van der Waals surface area contributed by atoms with Gasteiger partial charge in [0.2, 0.25) is 5.91 Å². The number of nitriles is 1. The molecule has 0 bridgehead atoms. The van der Waals surface area contributed by atoms with Crippen LogP contribution in [0.5, 0.6) is 0 Å². The minimum Gasteiger partial charge on any atom is -0.347 e. The SMILES string of the molecule is CC(C)C[C@@H](C#N)NC(=O)[C@@H]1CCCC[C@@H]1NC(=O)c1cc2ccc(CCS(C)(=O)=O)cc2n1C. The van der Waals surface area contributed by atoms with Crippen molar-refractivity contribution in [2.24, 2.45) is 18.9 Å². The van der Waals surface area contributed by atoms with Crippen LogP contribution < -0.4 is 10.6 Å². The summed E-state index contributed by atoms with van der Waals surface area (Å²) in [6.07, 6.45) is 5.46. The number of nitrogens with zero attached hydrogens (tertiary/aromatic N) is 2. The first-order valence-corrected chi connectivity index (χ1v) is 14.3. The van der Waals surface area contributed by atoms with Crippen molar-refractivity contribution >= 4 is 32.6 Å². The van der Waals surface area contributed by atoms with Crippen molar-refractivity contribution in [2.75, 3.05) is 12.0 Å². The van der Waals surface area contributed by atoms with Crippen molar-refractivity contribution in [2.45, 2.75) is 64.5 Å². The first kappa shape index (κ1) is 26.7. The van der Waals surface area contributed by atoms with Crippen LogP contribution >= 0.6 is 0 Å². The smallest absolute Gasteiger partial charge is 0.268 e. The molecule has 8 nitrogen and oxygen atoms in total. The van der Waals surface area contributed by atoms with Gasteiger partial charge >= 0.3 is 0 Å². The Morgan fingerprint density at radius 3 is 2.57 bits per heavy atom. The molecule has 3 atom stereocenters. The Morgan fingerprint density at radius 1 is 1.20 bits per heavy atom. The van der Waals surface area contributed by atoms with E-state index >= 15 is 0 Å². The zero-order valence-corrected chi connectivity index (χ0v) is 21.8. The van der Waals surface area contributed by atoms with Crippen LogP contribution in [0.3, 0.4) is 0 Å². The number of hydrogen-bond acceptors (Lipinski definition) is 5. The number of carbonyl (C=O) groups is 2. The normalized spacial score (nSPS) is 19.3. The van der Waals surface area contributed by atoms with Crippen LogP contribution in [0.25, 0.3) is 10.9 Å². The van der Waals surface area contributed by atoms with E-state index < -0.39 is 15.9 Å². The van der Waals surface area contributed by atoms with Crippen molar-refractivity contribution < 1.29 is 18.0 Å². The second-order valence-corrected chi connectivity index (χ2v) is 12.4. The van der Waals surface area contributed by atoms with Crippen LogP contribution in [0, 0.1) is 23.2 Å². The molecule has 2 aromatic rings. The van der Waals surface area contributed by atoms with E-state index in [4.69, 9.17) is 0 Å². The van der Waals surface area contributed by atoms with Crippen LogP contribution in [-0.2, 0) is 28.1 Å². The van der Waals surface area contributed by atoms with Gasteiger partial charge in [0.25, 0.3) is 5.91 Å². The Bertz CT molecular complexity index is 1230. The Balaban J connectivity index is 1.74. The van der Waals surface area contributed by atoms with Crippen molar-refractivity contribution in [3.8, 4) is 6.07 Å². The van der Waals surface area contributed by atoms with E-state index in [0.717, 1.165) is 29.3 Å². The minimum absolute atomic E-state index is 0.0746. The number of aromatic nitrogens is 1. The van der Waals surface area contributed by atoms with Crippen LogP contribution in [0.1, 0.15) is 62.0 Å². The Hall–Kier alpha value is -2.86. The molecular formula is C26H36N4O4S. The molecular weight excluding hydrogens is 464 g/mol. The number of amides is 2. The lowest BCUT2D eigenvalue weighted by Gasteiger charge is -2.32. The van der Waals surface area contributed by atoms with Gasteiger partial charge in [-0.05, 0) is 49.3 Å². The van der Waals surface area contributed by atoms with E-state index in [-0.39, 0.29) is 29.5 Å². The molecule has 1 aliphatic rings. The minimum atomic E-state index is -3.06. The molecule has 0 saturated heterocycles. The summed E-state index contributed by atoms with van der Waals surface area (Å²) < 4.78 is 24.8. The molecule has 0 radical (unpaired) electrons. The quantitative estimate of drug-likeness (QED) is 0.548. The number of aryl methyl sites for hydroxylation is 2. The van der Waals surface area contributed by atoms with Crippen molar-refractivity contribution in [3.05, 3.63) is 35.5 Å².